The number of nitro groups is 1. The van der Waals surface area contributed by atoms with Gasteiger partial charge in [0.1, 0.15) is 0 Å². The lowest BCUT2D eigenvalue weighted by atomic mass is 10.2. The fraction of sp³-hybridized carbons (Fsp3) is 0.571. The molecule has 1 heterocycles. The summed E-state index contributed by atoms with van der Waals surface area (Å²) in [5.41, 5.74) is 0.0987. The van der Waals surface area contributed by atoms with Crippen molar-refractivity contribution in [1.82, 2.24) is 5.16 Å². The maximum absolute atomic E-state index is 10.5. The molecule has 6 nitrogen and oxygen atoms in total. The first kappa shape index (κ1) is 9.66. The van der Waals surface area contributed by atoms with Gasteiger partial charge in [-0.2, -0.15) is 0 Å². The average molecular weight is 186 g/mol. The van der Waals surface area contributed by atoms with Gasteiger partial charge in [-0.3, -0.25) is 10.1 Å². The van der Waals surface area contributed by atoms with E-state index in [1.54, 1.807) is 0 Å². The molecule has 1 aromatic heterocycles. The molecule has 0 aliphatic heterocycles. The van der Waals surface area contributed by atoms with E-state index in [0.29, 0.717) is 0 Å². The molecular formula is C7H10N2O4. The molecule has 0 radical (unpaired) electrons. The van der Waals surface area contributed by atoms with E-state index in [0.717, 1.165) is 0 Å². The SMILES string of the molecule is Cc1noc(C[C@@H](C)O)c1[N+](=O)[O-]. The van der Waals surface area contributed by atoms with E-state index >= 15 is 0 Å². The fourth-order valence-corrected chi connectivity index (χ4v) is 1.05. The van der Waals surface area contributed by atoms with Gasteiger partial charge >= 0.3 is 5.69 Å². The predicted molar refractivity (Wildman–Crippen MR) is 43.3 cm³/mol. The topological polar surface area (TPSA) is 89.4 Å². The summed E-state index contributed by atoms with van der Waals surface area (Å²) in [4.78, 5) is 9.96. The number of hydrogen-bond acceptors (Lipinski definition) is 5. The Hall–Kier alpha value is -1.43. The van der Waals surface area contributed by atoms with Crippen LogP contribution in [0.25, 0.3) is 0 Å². The van der Waals surface area contributed by atoms with E-state index in [2.05, 4.69) is 5.16 Å². The molecule has 0 aromatic carbocycles. The molecule has 1 aromatic rings. The molecule has 6 heteroatoms. The lowest BCUT2D eigenvalue weighted by molar-refractivity contribution is -0.386. The van der Waals surface area contributed by atoms with E-state index in [1.165, 1.54) is 13.8 Å². The number of aliphatic hydroxyl groups excluding tert-OH is 1. The summed E-state index contributed by atoms with van der Waals surface area (Å²) in [6.07, 6.45) is -0.567. The first-order valence-corrected chi connectivity index (χ1v) is 3.80. The summed E-state index contributed by atoms with van der Waals surface area (Å²) in [5, 5.41) is 23.0. The second-order valence-electron chi connectivity index (χ2n) is 2.85. The van der Waals surface area contributed by atoms with Gasteiger partial charge in [-0.1, -0.05) is 5.16 Å². The Bertz CT molecular complexity index is 318. The molecule has 13 heavy (non-hydrogen) atoms. The molecule has 1 rings (SSSR count). The zero-order valence-corrected chi connectivity index (χ0v) is 7.35. The third kappa shape index (κ3) is 2.03. The summed E-state index contributed by atoms with van der Waals surface area (Å²) in [7, 11) is 0. The first-order valence-electron chi connectivity index (χ1n) is 3.80. The van der Waals surface area contributed by atoms with E-state index in [4.69, 9.17) is 9.63 Å². The number of aryl methyl sites for hydroxylation is 1. The Morgan fingerprint density at radius 3 is 2.85 bits per heavy atom. The zero-order chi connectivity index (χ0) is 10.0. The van der Waals surface area contributed by atoms with Crippen LogP contribution in [0.5, 0.6) is 0 Å². The Morgan fingerprint density at radius 1 is 1.77 bits per heavy atom. The van der Waals surface area contributed by atoms with E-state index in [9.17, 15) is 10.1 Å². The standard InChI is InChI=1S/C7H10N2O4/c1-4(10)3-6-7(9(11)12)5(2)8-13-6/h4,10H,3H2,1-2H3/t4-/m1/s1. The van der Waals surface area contributed by atoms with Crippen molar-refractivity contribution >= 4 is 5.69 Å². The maximum Gasteiger partial charge on any atom is 0.334 e. The van der Waals surface area contributed by atoms with Crippen LogP contribution < -0.4 is 0 Å². The van der Waals surface area contributed by atoms with Gasteiger partial charge in [0, 0.05) is 6.42 Å². The van der Waals surface area contributed by atoms with Crippen molar-refractivity contribution in [2.45, 2.75) is 26.4 Å². The highest BCUT2D eigenvalue weighted by Gasteiger charge is 2.24. The van der Waals surface area contributed by atoms with Gasteiger partial charge in [-0.25, -0.2) is 0 Å². The van der Waals surface area contributed by atoms with Gasteiger partial charge < -0.3 is 9.63 Å². The molecule has 0 aliphatic carbocycles. The van der Waals surface area contributed by atoms with Crippen LogP contribution in [0, 0.1) is 17.0 Å². The molecule has 0 bridgehead atoms. The van der Waals surface area contributed by atoms with Crippen molar-refractivity contribution in [3.05, 3.63) is 21.6 Å². The van der Waals surface area contributed by atoms with Gasteiger partial charge in [0.25, 0.3) is 0 Å². The Kier molecular flexibility index (Phi) is 2.62. The number of rotatable bonds is 3. The summed E-state index contributed by atoms with van der Waals surface area (Å²) in [5.74, 6) is 0.123. The van der Waals surface area contributed by atoms with Crippen LogP contribution in [0.4, 0.5) is 5.69 Å². The molecule has 0 fully saturated rings. The number of hydrogen-bond donors (Lipinski definition) is 1. The number of aliphatic hydroxyl groups is 1. The predicted octanol–water partition coefficient (Wildman–Crippen LogP) is 0.815. The van der Waals surface area contributed by atoms with Gasteiger partial charge in [0.2, 0.25) is 5.76 Å². The van der Waals surface area contributed by atoms with Crippen LogP contribution in [-0.2, 0) is 6.42 Å². The summed E-state index contributed by atoms with van der Waals surface area (Å²) < 4.78 is 4.72. The van der Waals surface area contributed by atoms with Crippen LogP contribution in [0.2, 0.25) is 0 Å². The smallest absolute Gasteiger partial charge is 0.334 e. The van der Waals surface area contributed by atoms with Crippen molar-refractivity contribution in [2.75, 3.05) is 0 Å². The van der Waals surface area contributed by atoms with Gasteiger partial charge in [0.05, 0.1) is 11.0 Å². The van der Waals surface area contributed by atoms with Crippen molar-refractivity contribution in [3.63, 3.8) is 0 Å². The molecule has 0 saturated heterocycles. The van der Waals surface area contributed by atoms with E-state index in [-0.39, 0.29) is 23.6 Å². The van der Waals surface area contributed by atoms with Gasteiger partial charge in [-0.15, -0.1) is 0 Å². The summed E-state index contributed by atoms with van der Waals surface area (Å²) in [6.45, 7) is 3.02. The number of nitrogens with zero attached hydrogens (tertiary/aromatic N) is 2. The minimum Gasteiger partial charge on any atom is -0.393 e. The third-order valence-corrected chi connectivity index (χ3v) is 1.56. The third-order valence-electron chi connectivity index (χ3n) is 1.56. The van der Waals surface area contributed by atoms with E-state index in [1.807, 2.05) is 0 Å². The van der Waals surface area contributed by atoms with Gasteiger partial charge in [-0.05, 0) is 13.8 Å². The quantitative estimate of drug-likeness (QED) is 0.557. The molecule has 0 unspecified atom stereocenters. The molecule has 0 spiro atoms. The molecule has 0 saturated carbocycles. The lowest BCUT2D eigenvalue weighted by Gasteiger charge is -1.97. The molecule has 1 atom stereocenters. The molecule has 1 N–H and O–H groups in total. The zero-order valence-electron chi connectivity index (χ0n) is 7.35. The minimum absolute atomic E-state index is 0.108. The molecule has 0 aliphatic rings. The largest absolute Gasteiger partial charge is 0.393 e. The monoisotopic (exact) mass is 186 g/mol. The normalized spacial score (nSPS) is 12.8. The Labute approximate surface area is 74.3 Å². The van der Waals surface area contributed by atoms with Crippen LogP contribution in [-0.4, -0.2) is 21.3 Å². The van der Waals surface area contributed by atoms with Crippen LogP contribution in [0.1, 0.15) is 18.4 Å². The van der Waals surface area contributed by atoms with Crippen LogP contribution >= 0.6 is 0 Å². The number of aromatic nitrogens is 1. The highest BCUT2D eigenvalue weighted by molar-refractivity contribution is 5.37. The average Bonchev–Trinajstić information content (AvgIpc) is 2.30. The maximum atomic E-state index is 10.5. The van der Waals surface area contributed by atoms with Crippen molar-refractivity contribution in [3.8, 4) is 0 Å². The lowest BCUT2D eigenvalue weighted by Crippen LogP contribution is -2.05. The van der Waals surface area contributed by atoms with Crippen molar-refractivity contribution in [2.24, 2.45) is 0 Å². The molecular weight excluding hydrogens is 176 g/mol. The first-order chi connectivity index (χ1) is 6.02. The van der Waals surface area contributed by atoms with E-state index < -0.39 is 11.0 Å². The Balaban J connectivity index is 3.00. The summed E-state index contributed by atoms with van der Waals surface area (Å²) >= 11 is 0. The molecule has 72 valence electrons. The highest BCUT2D eigenvalue weighted by Crippen LogP contribution is 2.23. The minimum atomic E-state index is -0.675. The van der Waals surface area contributed by atoms with Crippen molar-refractivity contribution in [1.29, 1.82) is 0 Å². The van der Waals surface area contributed by atoms with Gasteiger partial charge in [0.15, 0.2) is 5.69 Å². The fourth-order valence-electron chi connectivity index (χ4n) is 1.05. The highest BCUT2D eigenvalue weighted by atomic mass is 16.6. The molecule has 0 amide bonds. The second kappa shape index (κ2) is 3.53. The second-order valence-corrected chi connectivity index (χ2v) is 2.85. The summed E-state index contributed by atoms with van der Waals surface area (Å²) in [6, 6.07) is 0. The van der Waals surface area contributed by atoms with Crippen LogP contribution in [0.15, 0.2) is 4.52 Å². The Morgan fingerprint density at radius 2 is 2.38 bits per heavy atom. The van der Waals surface area contributed by atoms with Crippen LogP contribution in [0.3, 0.4) is 0 Å². The van der Waals surface area contributed by atoms with Crippen molar-refractivity contribution < 1.29 is 14.6 Å².